The Bertz CT molecular complexity index is 891. The number of nitrogens with one attached hydrogen (secondary N) is 1. The zero-order chi connectivity index (χ0) is 16.9. The lowest BCUT2D eigenvalue weighted by Crippen LogP contribution is -2.17. The molecule has 1 N–H and O–H groups in total. The van der Waals surface area contributed by atoms with Gasteiger partial charge < -0.3 is 5.32 Å². The molecule has 0 aliphatic heterocycles. The minimum absolute atomic E-state index is 0.0736. The fraction of sp³-hybridized carbons (Fsp3) is 0. The van der Waals surface area contributed by atoms with Gasteiger partial charge in [0.05, 0.1) is 11.3 Å². The van der Waals surface area contributed by atoms with Crippen LogP contribution in [0.4, 0.5) is 10.1 Å². The Morgan fingerprint density at radius 1 is 0.708 bits per heavy atom. The van der Waals surface area contributed by atoms with Crippen LogP contribution < -0.4 is 5.32 Å². The number of carbonyl (C=O) groups is 2. The number of hydrogen-bond acceptors (Lipinski definition) is 2. The molecule has 0 aliphatic carbocycles. The molecule has 0 aromatic heterocycles. The SMILES string of the molecule is O=C(Nc1ccccc1F)c1ccccc1C(=O)c1ccccc1. The summed E-state index contributed by atoms with van der Waals surface area (Å²) >= 11 is 0. The van der Waals surface area contributed by atoms with Gasteiger partial charge >= 0.3 is 0 Å². The Kier molecular flexibility index (Phi) is 4.47. The molecule has 0 bridgehead atoms. The van der Waals surface area contributed by atoms with Crippen LogP contribution >= 0.6 is 0 Å². The number of anilines is 1. The summed E-state index contributed by atoms with van der Waals surface area (Å²) in [6, 6.07) is 21.1. The number of rotatable bonds is 4. The van der Waals surface area contributed by atoms with Gasteiger partial charge in [0, 0.05) is 11.1 Å². The predicted molar refractivity (Wildman–Crippen MR) is 90.7 cm³/mol. The Hall–Kier alpha value is -3.27. The van der Waals surface area contributed by atoms with Crippen molar-refractivity contribution in [3.05, 3.63) is 101 Å². The van der Waals surface area contributed by atoms with Gasteiger partial charge in [0.15, 0.2) is 5.78 Å². The Morgan fingerprint density at radius 3 is 2.00 bits per heavy atom. The molecule has 3 nitrogen and oxygen atoms in total. The summed E-state index contributed by atoms with van der Waals surface area (Å²) in [4.78, 5) is 25.1. The fourth-order valence-corrected chi connectivity index (χ4v) is 2.38. The molecule has 4 heteroatoms. The molecule has 0 spiro atoms. The van der Waals surface area contributed by atoms with Gasteiger partial charge in [0.1, 0.15) is 5.82 Å². The quantitative estimate of drug-likeness (QED) is 0.728. The van der Waals surface area contributed by atoms with E-state index in [2.05, 4.69) is 5.32 Å². The maximum atomic E-state index is 13.7. The van der Waals surface area contributed by atoms with Crippen LogP contribution in [-0.4, -0.2) is 11.7 Å². The van der Waals surface area contributed by atoms with Gasteiger partial charge in [-0.1, -0.05) is 60.7 Å². The van der Waals surface area contributed by atoms with Crippen LogP contribution in [0.15, 0.2) is 78.9 Å². The van der Waals surface area contributed by atoms with Crippen LogP contribution in [0.3, 0.4) is 0 Å². The Morgan fingerprint density at radius 2 is 1.29 bits per heavy atom. The highest BCUT2D eigenvalue weighted by Gasteiger charge is 2.18. The third kappa shape index (κ3) is 3.22. The summed E-state index contributed by atoms with van der Waals surface area (Å²) in [6.45, 7) is 0. The monoisotopic (exact) mass is 319 g/mol. The van der Waals surface area contributed by atoms with Gasteiger partial charge in [-0.15, -0.1) is 0 Å². The highest BCUT2D eigenvalue weighted by Crippen LogP contribution is 2.18. The second-order valence-corrected chi connectivity index (χ2v) is 5.17. The zero-order valence-corrected chi connectivity index (χ0v) is 12.7. The molecule has 0 saturated heterocycles. The number of benzene rings is 3. The molecule has 0 fully saturated rings. The van der Waals surface area contributed by atoms with Gasteiger partial charge in [0.25, 0.3) is 5.91 Å². The van der Waals surface area contributed by atoms with Gasteiger partial charge in [0.2, 0.25) is 0 Å². The molecule has 0 heterocycles. The summed E-state index contributed by atoms with van der Waals surface area (Å²) < 4.78 is 13.7. The first-order valence-corrected chi connectivity index (χ1v) is 7.41. The van der Waals surface area contributed by atoms with E-state index in [1.807, 2.05) is 6.07 Å². The third-order valence-electron chi connectivity index (χ3n) is 3.57. The minimum atomic E-state index is -0.530. The van der Waals surface area contributed by atoms with E-state index in [9.17, 15) is 14.0 Å². The predicted octanol–water partition coefficient (Wildman–Crippen LogP) is 4.31. The topological polar surface area (TPSA) is 46.2 Å². The van der Waals surface area contributed by atoms with Crippen molar-refractivity contribution >= 4 is 17.4 Å². The number of para-hydroxylation sites is 1. The van der Waals surface area contributed by atoms with Crippen LogP contribution in [0.25, 0.3) is 0 Å². The largest absolute Gasteiger partial charge is 0.319 e. The van der Waals surface area contributed by atoms with Gasteiger partial charge in [-0.2, -0.15) is 0 Å². The summed E-state index contributed by atoms with van der Waals surface area (Å²) in [5, 5.41) is 2.51. The first-order chi connectivity index (χ1) is 11.7. The van der Waals surface area contributed by atoms with Crippen molar-refractivity contribution in [1.82, 2.24) is 0 Å². The minimum Gasteiger partial charge on any atom is -0.319 e. The average Bonchev–Trinajstić information content (AvgIpc) is 2.63. The fourth-order valence-electron chi connectivity index (χ4n) is 2.38. The van der Waals surface area contributed by atoms with Crippen LogP contribution in [0.2, 0.25) is 0 Å². The van der Waals surface area contributed by atoms with Crippen molar-refractivity contribution in [2.24, 2.45) is 0 Å². The van der Waals surface area contributed by atoms with Crippen LogP contribution in [0.5, 0.6) is 0 Å². The van der Waals surface area contributed by atoms with Gasteiger partial charge in [-0.3, -0.25) is 9.59 Å². The number of amides is 1. The Balaban J connectivity index is 1.93. The maximum Gasteiger partial charge on any atom is 0.256 e. The number of carbonyl (C=O) groups excluding carboxylic acids is 2. The van der Waals surface area contributed by atoms with Crippen molar-refractivity contribution in [2.75, 3.05) is 5.32 Å². The van der Waals surface area contributed by atoms with Crippen molar-refractivity contribution in [3.8, 4) is 0 Å². The highest BCUT2D eigenvalue weighted by molar-refractivity contribution is 6.17. The molecule has 118 valence electrons. The molecule has 0 radical (unpaired) electrons. The van der Waals surface area contributed by atoms with E-state index < -0.39 is 11.7 Å². The Labute approximate surface area is 138 Å². The summed E-state index contributed by atoms with van der Waals surface area (Å²) in [6.07, 6.45) is 0. The number of ketones is 1. The lowest BCUT2D eigenvalue weighted by Gasteiger charge is -2.10. The van der Waals surface area contributed by atoms with E-state index in [1.54, 1.807) is 54.6 Å². The van der Waals surface area contributed by atoms with E-state index in [4.69, 9.17) is 0 Å². The summed E-state index contributed by atoms with van der Waals surface area (Å²) in [7, 11) is 0. The molecule has 0 atom stereocenters. The van der Waals surface area contributed by atoms with Crippen LogP contribution in [0, 0.1) is 5.82 Å². The molecule has 3 aromatic carbocycles. The molecule has 0 unspecified atom stereocenters. The van der Waals surface area contributed by atoms with Crippen LogP contribution in [-0.2, 0) is 0 Å². The van der Waals surface area contributed by atoms with Crippen molar-refractivity contribution in [3.63, 3.8) is 0 Å². The van der Waals surface area contributed by atoms with Crippen molar-refractivity contribution < 1.29 is 14.0 Å². The first kappa shape index (κ1) is 15.6. The zero-order valence-electron chi connectivity index (χ0n) is 12.7. The summed E-state index contributed by atoms with van der Waals surface area (Å²) in [5.41, 5.74) is 1.04. The van der Waals surface area contributed by atoms with E-state index in [0.29, 0.717) is 5.56 Å². The lowest BCUT2D eigenvalue weighted by atomic mass is 9.98. The maximum absolute atomic E-state index is 13.7. The van der Waals surface area contributed by atoms with E-state index in [0.717, 1.165) is 0 Å². The highest BCUT2D eigenvalue weighted by atomic mass is 19.1. The number of halogens is 1. The summed E-state index contributed by atoms with van der Waals surface area (Å²) in [5.74, 6) is -1.31. The second kappa shape index (κ2) is 6.87. The molecule has 0 saturated carbocycles. The molecular weight excluding hydrogens is 305 g/mol. The first-order valence-electron chi connectivity index (χ1n) is 7.41. The van der Waals surface area contributed by atoms with Crippen molar-refractivity contribution in [1.29, 1.82) is 0 Å². The molecule has 1 amide bonds. The van der Waals surface area contributed by atoms with Crippen LogP contribution in [0.1, 0.15) is 26.3 Å². The third-order valence-corrected chi connectivity index (χ3v) is 3.57. The number of hydrogen-bond donors (Lipinski definition) is 1. The second-order valence-electron chi connectivity index (χ2n) is 5.17. The normalized spacial score (nSPS) is 10.2. The van der Waals surface area contributed by atoms with E-state index in [1.165, 1.54) is 18.2 Å². The van der Waals surface area contributed by atoms with Crippen molar-refractivity contribution in [2.45, 2.75) is 0 Å². The lowest BCUT2D eigenvalue weighted by molar-refractivity contribution is 0.0996. The molecule has 24 heavy (non-hydrogen) atoms. The molecule has 0 aliphatic rings. The molecule has 3 aromatic rings. The average molecular weight is 319 g/mol. The van der Waals surface area contributed by atoms with Gasteiger partial charge in [-0.05, 0) is 18.2 Å². The molecule has 3 rings (SSSR count). The smallest absolute Gasteiger partial charge is 0.256 e. The standard InChI is InChI=1S/C20H14FNO2/c21-17-12-6-7-13-18(17)22-20(24)16-11-5-4-10-15(16)19(23)14-8-2-1-3-9-14/h1-13H,(H,22,24). The van der Waals surface area contributed by atoms with E-state index >= 15 is 0 Å². The molecular formula is C20H14FNO2. The van der Waals surface area contributed by atoms with Gasteiger partial charge in [-0.25, -0.2) is 4.39 Å². The van der Waals surface area contributed by atoms with E-state index in [-0.39, 0.29) is 22.6 Å².